The number of thioether (sulfide) groups is 2. The number of hydrogen-bond donors (Lipinski definition) is 6. The van der Waals surface area contributed by atoms with Gasteiger partial charge in [0.25, 0.3) is 0 Å². The summed E-state index contributed by atoms with van der Waals surface area (Å²) in [5.74, 6) is -3.34. The van der Waals surface area contributed by atoms with Gasteiger partial charge in [-0.15, -0.1) is 0 Å². The zero-order chi connectivity index (χ0) is 24.8. The molecule has 0 aromatic carbocycles. The van der Waals surface area contributed by atoms with Crippen LogP contribution in [0.15, 0.2) is 0 Å². The lowest BCUT2D eigenvalue weighted by atomic mass is 10.0. The Morgan fingerprint density at radius 2 is 1.38 bits per heavy atom. The zero-order valence-electron chi connectivity index (χ0n) is 18.9. The number of carboxylic acids is 1. The van der Waals surface area contributed by atoms with Gasteiger partial charge in [-0.25, -0.2) is 4.79 Å². The van der Waals surface area contributed by atoms with E-state index in [2.05, 4.69) is 16.0 Å². The van der Waals surface area contributed by atoms with Gasteiger partial charge in [0.15, 0.2) is 0 Å². The summed E-state index contributed by atoms with van der Waals surface area (Å²) in [7, 11) is 0. The van der Waals surface area contributed by atoms with E-state index >= 15 is 0 Å². The van der Waals surface area contributed by atoms with E-state index in [9.17, 15) is 29.1 Å². The van der Waals surface area contributed by atoms with E-state index in [4.69, 9.17) is 11.5 Å². The molecule has 0 saturated carbocycles. The Morgan fingerprint density at radius 3 is 1.84 bits per heavy atom. The number of amides is 4. The van der Waals surface area contributed by atoms with E-state index in [0.29, 0.717) is 17.9 Å². The van der Waals surface area contributed by atoms with E-state index in [0.717, 1.165) is 0 Å². The summed E-state index contributed by atoms with van der Waals surface area (Å²) in [4.78, 5) is 60.6. The van der Waals surface area contributed by atoms with Gasteiger partial charge < -0.3 is 32.5 Å². The Balaban J connectivity index is 5.36. The number of rotatable bonds is 16. The minimum Gasteiger partial charge on any atom is -0.480 e. The number of carboxylic acid groups (broad SMARTS) is 1. The molecular weight excluding hydrogens is 458 g/mol. The van der Waals surface area contributed by atoms with Gasteiger partial charge >= 0.3 is 5.97 Å². The molecule has 32 heavy (non-hydrogen) atoms. The van der Waals surface area contributed by atoms with Crippen LogP contribution in [0.2, 0.25) is 0 Å². The normalized spacial score (nSPS) is 14.7. The lowest BCUT2D eigenvalue weighted by Gasteiger charge is -2.26. The highest BCUT2D eigenvalue weighted by atomic mass is 32.2. The molecule has 0 heterocycles. The van der Waals surface area contributed by atoms with Crippen molar-refractivity contribution >= 4 is 53.1 Å². The zero-order valence-corrected chi connectivity index (χ0v) is 20.5. The van der Waals surface area contributed by atoms with Crippen molar-refractivity contribution < 1.29 is 29.1 Å². The molecule has 0 radical (unpaired) electrons. The van der Waals surface area contributed by atoms with E-state index in [-0.39, 0.29) is 12.3 Å². The van der Waals surface area contributed by atoms with Crippen LogP contribution in [0.3, 0.4) is 0 Å². The van der Waals surface area contributed by atoms with E-state index in [1.165, 1.54) is 23.5 Å². The maximum Gasteiger partial charge on any atom is 0.326 e. The number of carbonyl (C=O) groups excluding carboxylic acids is 4. The van der Waals surface area contributed by atoms with Crippen molar-refractivity contribution in [3.63, 3.8) is 0 Å². The second-order valence-electron chi connectivity index (χ2n) is 7.53. The van der Waals surface area contributed by atoms with E-state index in [1.807, 2.05) is 6.26 Å². The minimum absolute atomic E-state index is 0.165. The van der Waals surface area contributed by atoms with Crippen LogP contribution in [0.25, 0.3) is 0 Å². The molecule has 8 N–H and O–H groups in total. The van der Waals surface area contributed by atoms with Gasteiger partial charge in [-0.05, 0) is 42.8 Å². The number of hydrogen-bond acceptors (Lipinski definition) is 8. The molecule has 0 bridgehead atoms. The van der Waals surface area contributed by atoms with Crippen LogP contribution in [0, 0.1) is 5.92 Å². The first-order valence-electron chi connectivity index (χ1n) is 10.1. The van der Waals surface area contributed by atoms with Crippen LogP contribution in [0.5, 0.6) is 0 Å². The fraction of sp³-hybridized carbons (Fsp3) is 0.737. The van der Waals surface area contributed by atoms with Crippen molar-refractivity contribution in [2.45, 2.75) is 57.3 Å². The molecule has 11 nitrogen and oxygen atoms in total. The standard InChI is InChI=1S/C19H35N5O6S2/c1-10(2)15(24-16(26)11(20)5-7-31-3)18(28)23-13(9-14(21)25)17(27)22-12(19(29)30)6-8-32-4/h10-13,15H,5-9,20H2,1-4H3,(H2,21,25)(H,22,27)(H,23,28)(H,24,26)(H,29,30). The highest BCUT2D eigenvalue weighted by Gasteiger charge is 2.32. The molecule has 4 unspecified atom stereocenters. The third-order valence-corrected chi connectivity index (χ3v) is 5.77. The lowest BCUT2D eigenvalue weighted by molar-refractivity contribution is -0.142. The maximum absolute atomic E-state index is 12.8. The van der Waals surface area contributed by atoms with Crippen LogP contribution < -0.4 is 27.4 Å². The minimum atomic E-state index is -1.39. The fourth-order valence-corrected chi connectivity index (χ4v) is 3.57. The molecule has 0 aliphatic heterocycles. The second kappa shape index (κ2) is 15.8. The fourth-order valence-electron chi connectivity index (χ4n) is 2.61. The van der Waals surface area contributed by atoms with Gasteiger partial charge in [0, 0.05) is 0 Å². The number of aliphatic carboxylic acids is 1. The molecule has 0 aromatic rings. The quantitative estimate of drug-likeness (QED) is 0.155. The smallest absolute Gasteiger partial charge is 0.326 e. The molecule has 4 atom stereocenters. The molecule has 0 saturated heterocycles. The first kappa shape index (κ1) is 30.0. The average Bonchev–Trinajstić information content (AvgIpc) is 2.71. The van der Waals surface area contributed by atoms with Gasteiger partial charge in [0.2, 0.25) is 23.6 Å². The Hall–Kier alpha value is -1.99. The molecule has 0 spiro atoms. The van der Waals surface area contributed by atoms with Gasteiger partial charge in [-0.1, -0.05) is 13.8 Å². The van der Waals surface area contributed by atoms with Crippen molar-refractivity contribution in [3.8, 4) is 0 Å². The largest absolute Gasteiger partial charge is 0.480 e. The first-order valence-corrected chi connectivity index (χ1v) is 12.9. The second-order valence-corrected chi connectivity index (χ2v) is 9.50. The molecule has 0 aliphatic carbocycles. The summed E-state index contributed by atoms with van der Waals surface area (Å²) >= 11 is 2.95. The lowest BCUT2D eigenvalue weighted by Crippen LogP contribution is -2.59. The molecule has 0 rings (SSSR count). The highest BCUT2D eigenvalue weighted by Crippen LogP contribution is 2.07. The molecule has 0 aliphatic rings. The van der Waals surface area contributed by atoms with E-state index < -0.39 is 60.2 Å². The average molecular weight is 494 g/mol. The Kier molecular flexibility index (Phi) is 14.8. The number of primary amides is 1. The predicted molar refractivity (Wildman–Crippen MR) is 126 cm³/mol. The molecule has 13 heteroatoms. The number of carbonyl (C=O) groups is 5. The molecule has 184 valence electrons. The third-order valence-electron chi connectivity index (χ3n) is 4.48. The topological polar surface area (TPSA) is 194 Å². The van der Waals surface area contributed by atoms with Crippen LogP contribution >= 0.6 is 23.5 Å². The van der Waals surface area contributed by atoms with Crippen LogP contribution in [0.4, 0.5) is 0 Å². The van der Waals surface area contributed by atoms with Crippen LogP contribution in [-0.4, -0.2) is 82.9 Å². The Morgan fingerprint density at radius 1 is 0.844 bits per heavy atom. The van der Waals surface area contributed by atoms with Crippen molar-refractivity contribution in [3.05, 3.63) is 0 Å². The van der Waals surface area contributed by atoms with Gasteiger partial charge in [-0.2, -0.15) is 23.5 Å². The van der Waals surface area contributed by atoms with Gasteiger partial charge in [0.1, 0.15) is 18.1 Å². The third kappa shape index (κ3) is 11.6. The van der Waals surface area contributed by atoms with Crippen LogP contribution in [-0.2, 0) is 24.0 Å². The van der Waals surface area contributed by atoms with Crippen LogP contribution in [0.1, 0.15) is 33.1 Å². The number of nitrogens with two attached hydrogens (primary N) is 2. The monoisotopic (exact) mass is 493 g/mol. The summed E-state index contributed by atoms with van der Waals surface area (Å²) in [6.45, 7) is 3.40. The maximum atomic E-state index is 12.8. The van der Waals surface area contributed by atoms with E-state index in [1.54, 1.807) is 20.1 Å². The molecule has 4 amide bonds. The Labute approximate surface area is 196 Å². The predicted octanol–water partition coefficient (Wildman–Crippen LogP) is -1.11. The summed E-state index contributed by atoms with van der Waals surface area (Å²) in [6.07, 6.45) is 3.74. The first-order chi connectivity index (χ1) is 14.9. The molecular formula is C19H35N5O6S2. The summed E-state index contributed by atoms with van der Waals surface area (Å²) in [6, 6.07) is -4.39. The summed E-state index contributed by atoms with van der Waals surface area (Å²) < 4.78 is 0. The van der Waals surface area contributed by atoms with Crippen molar-refractivity contribution in [2.75, 3.05) is 24.0 Å². The summed E-state index contributed by atoms with van der Waals surface area (Å²) in [5.41, 5.74) is 11.1. The molecule has 0 aromatic heterocycles. The van der Waals surface area contributed by atoms with Crippen molar-refractivity contribution in [1.82, 2.24) is 16.0 Å². The van der Waals surface area contributed by atoms with Crippen molar-refractivity contribution in [1.29, 1.82) is 0 Å². The van der Waals surface area contributed by atoms with Crippen molar-refractivity contribution in [2.24, 2.45) is 17.4 Å². The Bertz CT molecular complexity index is 664. The SMILES string of the molecule is CSCCC(N)C(=O)NC(C(=O)NC(CC(N)=O)C(=O)NC(CCSC)C(=O)O)C(C)C. The molecule has 0 fully saturated rings. The summed E-state index contributed by atoms with van der Waals surface area (Å²) in [5, 5.41) is 16.6. The highest BCUT2D eigenvalue weighted by molar-refractivity contribution is 7.98. The van der Waals surface area contributed by atoms with Gasteiger partial charge in [-0.3, -0.25) is 19.2 Å². The van der Waals surface area contributed by atoms with Gasteiger partial charge in [0.05, 0.1) is 12.5 Å². The number of nitrogens with one attached hydrogen (secondary N) is 3.